The van der Waals surface area contributed by atoms with E-state index in [-0.39, 0.29) is 0 Å². The molecule has 2 aliphatic rings. The smallest absolute Gasteiger partial charge is 0.0472 e. The average molecular weight is 258 g/mol. The monoisotopic (exact) mass is 258 g/mol. The molecule has 0 aromatic heterocycles. The van der Waals surface area contributed by atoms with Crippen LogP contribution in [-0.2, 0) is 4.74 Å². The van der Waals surface area contributed by atoms with E-state index >= 15 is 0 Å². The summed E-state index contributed by atoms with van der Waals surface area (Å²) in [4.78, 5) is 4.99. The Kier molecular flexibility index (Phi) is 4.75. The molecule has 0 N–H and O–H groups in total. The van der Waals surface area contributed by atoms with E-state index in [1.807, 2.05) is 0 Å². The van der Waals surface area contributed by atoms with Gasteiger partial charge in [-0.25, -0.2) is 0 Å². The Morgan fingerprint density at radius 3 is 2.59 bits per heavy atom. The molecule has 0 saturated carbocycles. The third-order valence-electron chi connectivity index (χ3n) is 4.43. The van der Waals surface area contributed by atoms with Gasteiger partial charge in [0.2, 0.25) is 0 Å². The van der Waals surface area contributed by atoms with Crippen LogP contribution in [0.1, 0.15) is 19.3 Å². The summed E-state index contributed by atoms with van der Waals surface area (Å²) in [5.41, 5.74) is 0.405. The van der Waals surface area contributed by atoms with Gasteiger partial charge in [0, 0.05) is 32.3 Å². The van der Waals surface area contributed by atoms with E-state index in [1.165, 1.54) is 38.9 Å². The van der Waals surface area contributed by atoms with Gasteiger partial charge in [-0.3, -0.25) is 0 Å². The normalized spacial score (nSPS) is 30.0. The van der Waals surface area contributed by atoms with Crippen LogP contribution in [0.15, 0.2) is 0 Å². The molecule has 0 aromatic rings. The molecule has 3 nitrogen and oxygen atoms in total. The predicted octanol–water partition coefficient (Wildman–Crippen LogP) is 1.35. The average Bonchev–Trinajstić information content (AvgIpc) is 2.79. The Morgan fingerprint density at radius 1 is 1.35 bits per heavy atom. The number of rotatable bonds is 4. The van der Waals surface area contributed by atoms with Crippen LogP contribution < -0.4 is 0 Å². The molecule has 100 valence electrons. The first-order chi connectivity index (χ1) is 8.15. The van der Waals surface area contributed by atoms with Crippen molar-refractivity contribution >= 4 is 12.6 Å². The van der Waals surface area contributed by atoms with E-state index in [9.17, 15) is 0 Å². The highest BCUT2D eigenvalue weighted by Crippen LogP contribution is 2.33. The van der Waals surface area contributed by atoms with E-state index in [1.54, 1.807) is 0 Å². The van der Waals surface area contributed by atoms with Crippen molar-refractivity contribution < 1.29 is 4.74 Å². The van der Waals surface area contributed by atoms with Crippen molar-refractivity contribution in [1.82, 2.24) is 9.80 Å². The largest absolute Gasteiger partial charge is 0.381 e. The number of ether oxygens (including phenoxy) is 1. The molecule has 1 unspecified atom stereocenters. The van der Waals surface area contributed by atoms with Crippen molar-refractivity contribution in [2.75, 3.05) is 52.7 Å². The summed E-state index contributed by atoms with van der Waals surface area (Å²) in [5, 5.41) is 0. The summed E-state index contributed by atoms with van der Waals surface area (Å²) in [5.74, 6) is 0.999. The summed E-state index contributed by atoms with van der Waals surface area (Å²) in [6, 6.07) is 0.742. The highest BCUT2D eigenvalue weighted by molar-refractivity contribution is 7.80. The number of likely N-dealkylation sites (tertiary alicyclic amines) is 1. The van der Waals surface area contributed by atoms with Crippen LogP contribution in [0.25, 0.3) is 0 Å². The molecule has 1 atom stereocenters. The lowest BCUT2D eigenvalue weighted by atomic mass is 9.81. The molecule has 0 bridgehead atoms. The Morgan fingerprint density at radius 2 is 2.06 bits per heavy atom. The van der Waals surface area contributed by atoms with Crippen molar-refractivity contribution in [3.05, 3.63) is 0 Å². The summed E-state index contributed by atoms with van der Waals surface area (Å²) in [6.45, 7) is 5.53. The van der Waals surface area contributed by atoms with Crippen LogP contribution in [0.2, 0.25) is 0 Å². The van der Waals surface area contributed by atoms with Crippen LogP contribution in [0, 0.1) is 5.41 Å². The van der Waals surface area contributed by atoms with E-state index in [2.05, 4.69) is 36.5 Å². The molecule has 2 aliphatic heterocycles. The van der Waals surface area contributed by atoms with Crippen LogP contribution >= 0.6 is 12.6 Å². The van der Waals surface area contributed by atoms with Crippen LogP contribution in [0.3, 0.4) is 0 Å². The van der Waals surface area contributed by atoms with Gasteiger partial charge in [-0.15, -0.1) is 0 Å². The third-order valence-corrected chi connectivity index (χ3v) is 5.10. The van der Waals surface area contributed by atoms with Crippen LogP contribution in [0.4, 0.5) is 0 Å². The molecule has 0 spiro atoms. The number of likely N-dealkylation sites (N-methyl/N-ethyl adjacent to an activating group) is 1. The fraction of sp³-hybridized carbons (Fsp3) is 1.00. The van der Waals surface area contributed by atoms with Gasteiger partial charge in [0.05, 0.1) is 0 Å². The molecular weight excluding hydrogens is 232 g/mol. The van der Waals surface area contributed by atoms with Crippen molar-refractivity contribution in [3.8, 4) is 0 Å². The fourth-order valence-electron chi connectivity index (χ4n) is 3.02. The van der Waals surface area contributed by atoms with Gasteiger partial charge in [-0.2, -0.15) is 12.6 Å². The summed E-state index contributed by atoms with van der Waals surface area (Å²) >= 11 is 4.59. The first kappa shape index (κ1) is 13.7. The second-order valence-corrected chi connectivity index (χ2v) is 6.23. The number of thiol groups is 1. The maximum atomic E-state index is 5.49. The quantitative estimate of drug-likeness (QED) is 0.767. The van der Waals surface area contributed by atoms with Gasteiger partial charge >= 0.3 is 0 Å². The Bertz CT molecular complexity index is 242. The number of hydrogen-bond donors (Lipinski definition) is 1. The highest BCUT2D eigenvalue weighted by atomic mass is 32.1. The minimum absolute atomic E-state index is 0.405. The number of hydrogen-bond acceptors (Lipinski definition) is 4. The van der Waals surface area contributed by atoms with Gasteiger partial charge < -0.3 is 14.5 Å². The Hall–Kier alpha value is 0.230. The summed E-state index contributed by atoms with van der Waals surface area (Å²) < 4.78 is 5.49. The molecule has 2 saturated heterocycles. The zero-order valence-electron chi connectivity index (χ0n) is 11.2. The van der Waals surface area contributed by atoms with Gasteiger partial charge in [0.15, 0.2) is 0 Å². The minimum Gasteiger partial charge on any atom is -0.381 e. The van der Waals surface area contributed by atoms with Gasteiger partial charge in [0.25, 0.3) is 0 Å². The van der Waals surface area contributed by atoms with Gasteiger partial charge in [-0.05, 0) is 51.1 Å². The molecule has 2 rings (SSSR count). The SMILES string of the molecule is CN(C)C1CCN(CC2(CS)CCOCC2)C1. The molecule has 0 aliphatic carbocycles. The topological polar surface area (TPSA) is 15.7 Å². The molecule has 4 heteroatoms. The lowest BCUT2D eigenvalue weighted by Crippen LogP contribution is -2.43. The third kappa shape index (κ3) is 3.37. The lowest BCUT2D eigenvalue weighted by Gasteiger charge is -2.39. The predicted molar refractivity (Wildman–Crippen MR) is 74.9 cm³/mol. The molecular formula is C13H26N2OS. The number of nitrogens with zero attached hydrogens (tertiary/aromatic N) is 2. The first-order valence-corrected chi connectivity index (χ1v) is 7.36. The molecule has 2 fully saturated rings. The van der Waals surface area contributed by atoms with Gasteiger partial charge in [-0.1, -0.05) is 0 Å². The highest BCUT2D eigenvalue weighted by Gasteiger charge is 2.35. The first-order valence-electron chi connectivity index (χ1n) is 6.73. The Labute approximate surface area is 111 Å². The lowest BCUT2D eigenvalue weighted by molar-refractivity contribution is 0.0105. The molecule has 0 radical (unpaired) electrons. The Balaban J connectivity index is 1.87. The zero-order valence-corrected chi connectivity index (χ0v) is 12.1. The standard InChI is InChI=1S/C13H26N2OS/c1-14(2)12-3-6-15(9-12)10-13(11-17)4-7-16-8-5-13/h12,17H,3-11H2,1-2H3. The van der Waals surface area contributed by atoms with Crippen molar-refractivity contribution in [2.45, 2.75) is 25.3 Å². The van der Waals surface area contributed by atoms with E-state index in [0.29, 0.717) is 5.41 Å². The zero-order chi connectivity index (χ0) is 12.3. The van der Waals surface area contributed by atoms with E-state index < -0.39 is 0 Å². The molecule has 0 amide bonds. The minimum atomic E-state index is 0.405. The van der Waals surface area contributed by atoms with Crippen LogP contribution in [0.5, 0.6) is 0 Å². The molecule has 0 aromatic carbocycles. The van der Waals surface area contributed by atoms with Gasteiger partial charge in [0.1, 0.15) is 0 Å². The second-order valence-electron chi connectivity index (χ2n) is 5.91. The summed E-state index contributed by atoms with van der Waals surface area (Å²) in [6.07, 6.45) is 3.67. The van der Waals surface area contributed by atoms with Crippen LogP contribution in [-0.4, -0.2) is 68.5 Å². The van der Waals surface area contributed by atoms with E-state index in [4.69, 9.17) is 4.74 Å². The van der Waals surface area contributed by atoms with Crippen molar-refractivity contribution in [1.29, 1.82) is 0 Å². The fourth-order valence-corrected chi connectivity index (χ4v) is 3.44. The summed E-state index contributed by atoms with van der Waals surface area (Å²) in [7, 11) is 4.38. The maximum Gasteiger partial charge on any atom is 0.0472 e. The van der Waals surface area contributed by atoms with E-state index in [0.717, 1.165) is 25.0 Å². The second kappa shape index (κ2) is 5.91. The maximum absolute atomic E-state index is 5.49. The van der Waals surface area contributed by atoms with Crippen molar-refractivity contribution in [2.24, 2.45) is 5.41 Å². The van der Waals surface area contributed by atoms with Crippen molar-refractivity contribution in [3.63, 3.8) is 0 Å². The molecule has 2 heterocycles. The molecule has 17 heavy (non-hydrogen) atoms.